The monoisotopic (exact) mass is 220 g/mol. The molecular weight excluding hydrogens is 208 g/mol. The fourth-order valence-corrected chi connectivity index (χ4v) is 1.48. The highest BCUT2D eigenvalue weighted by Gasteiger charge is 2.12. The molecule has 6 N–H and O–H groups in total. The molecule has 16 heavy (non-hydrogen) atoms. The molecule has 0 aliphatic carbocycles. The van der Waals surface area contributed by atoms with E-state index in [1.54, 1.807) is 24.3 Å². The Morgan fingerprint density at radius 3 is 2.31 bits per heavy atom. The number of hydrogen-bond acceptors (Lipinski definition) is 4. The molecule has 0 aromatic heterocycles. The van der Waals surface area contributed by atoms with Crippen LogP contribution in [-0.2, 0) is 0 Å². The molecule has 0 saturated heterocycles. The number of hydrazine groups is 1. The molecule has 0 radical (unpaired) electrons. The van der Waals surface area contributed by atoms with Gasteiger partial charge in [0.15, 0.2) is 0 Å². The Morgan fingerprint density at radius 1 is 1.06 bits per heavy atom. The van der Waals surface area contributed by atoms with E-state index in [1.165, 1.54) is 6.07 Å². The van der Waals surface area contributed by atoms with Crippen LogP contribution in [0.1, 0.15) is 10.4 Å². The smallest absolute Gasteiger partial charge is 0.340 e. The van der Waals surface area contributed by atoms with Crippen molar-refractivity contribution in [2.45, 2.75) is 0 Å². The maximum atomic E-state index is 10.9. The molecule has 0 saturated carbocycles. The van der Waals surface area contributed by atoms with Crippen LogP contribution in [0, 0.1) is 0 Å². The second-order valence-corrected chi connectivity index (χ2v) is 2.99. The van der Waals surface area contributed by atoms with Crippen molar-refractivity contribution in [3.8, 4) is 5.75 Å². The third-order valence-electron chi connectivity index (χ3n) is 2.12. The van der Waals surface area contributed by atoms with Gasteiger partial charge in [0.05, 0.1) is 0 Å². The standard InChI is InChI=1S/C11H8O3.H4N2/c12-9-6-5-7-3-1-2-4-8(7)10(9)11(13)14;1-2/h1-6,12H,(H,13,14);1-2H2. The summed E-state index contributed by atoms with van der Waals surface area (Å²) in [4.78, 5) is 10.9. The van der Waals surface area contributed by atoms with E-state index in [0.29, 0.717) is 5.39 Å². The third kappa shape index (κ3) is 2.10. The average Bonchev–Trinajstić information content (AvgIpc) is 2.31. The first kappa shape index (κ1) is 12.0. The Bertz CT molecular complexity index is 512. The van der Waals surface area contributed by atoms with Crippen molar-refractivity contribution in [1.82, 2.24) is 0 Å². The van der Waals surface area contributed by atoms with E-state index < -0.39 is 5.97 Å². The van der Waals surface area contributed by atoms with Crippen molar-refractivity contribution in [2.75, 3.05) is 0 Å². The zero-order valence-corrected chi connectivity index (χ0v) is 8.42. The Labute approximate surface area is 91.9 Å². The maximum absolute atomic E-state index is 10.9. The number of rotatable bonds is 1. The zero-order chi connectivity index (χ0) is 12.1. The topological polar surface area (TPSA) is 110 Å². The number of nitrogens with two attached hydrogens (primary N) is 2. The highest BCUT2D eigenvalue weighted by Crippen LogP contribution is 2.26. The van der Waals surface area contributed by atoms with Gasteiger partial charge in [0.2, 0.25) is 0 Å². The molecule has 0 bridgehead atoms. The average molecular weight is 220 g/mol. The summed E-state index contributed by atoms with van der Waals surface area (Å²) in [6.07, 6.45) is 0. The second-order valence-electron chi connectivity index (χ2n) is 2.99. The summed E-state index contributed by atoms with van der Waals surface area (Å²) in [7, 11) is 0. The minimum absolute atomic E-state index is 0.0388. The molecule has 2 aromatic rings. The molecule has 0 unspecified atom stereocenters. The van der Waals surface area contributed by atoms with Crippen LogP contribution in [0.5, 0.6) is 5.75 Å². The summed E-state index contributed by atoms with van der Waals surface area (Å²) < 4.78 is 0. The lowest BCUT2D eigenvalue weighted by atomic mass is 10.0. The fourth-order valence-electron chi connectivity index (χ4n) is 1.48. The van der Waals surface area contributed by atoms with E-state index in [-0.39, 0.29) is 11.3 Å². The predicted molar refractivity (Wildman–Crippen MR) is 60.9 cm³/mol. The largest absolute Gasteiger partial charge is 0.507 e. The molecule has 5 heteroatoms. The number of hydrogen-bond donors (Lipinski definition) is 4. The Morgan fingerprint density at radius 2 is 1.69 bits per heavy atom. The van der Waals surface area contributed by atoms with Crippen LogP contribution in [0.3, 0.4) is 0 Å². The van der Waals surface area contributed by atoms with E-state index in [1.807, 2.05) is 6.07 Å². The van der Waals surface area contributed by atoms with Gasteiger partial charge in [-0.25, -0.2) is 4.79 Å². The Balaban J connectivity index is 0.000000606. The summed E-state index contributed by atoms with van der Waals surface area (Å²) in [5, 5.41) is 19.7. The number of benzene rings is 2. The number of carboxylic acid groups (broad SMARTS) is 1. The van der Waals surface area contributed by atoms with E-state index in [4.69, 9.17) is 5.11 Å². The van der Waals surface area contributed by atoms with Crippen LogP contribution < -0.4 is 11.7 Å². The second kappa shape index (κ2) is 5.11. The summed E-state index contributed by atoms with van der Waals surface area (Å²) >= 11 is 0. The quantitative estimate of drug-likeness (QED) is 0.424. The Hall–Kier alpha value is -2.11. The van der Waals surface area contributed by atoms with Crippen molar-refractivity contribution >= 4 is 16.7 Å². The van der Waals surface area contributed by atoms with Gasteiger partial charge >= 0.3 is 5.97 Å². The Kier molecular flexibility index (Phi) is 3.82. The molecule has 0 aliphatic heterocycles. The van der Waals surface area contributed by atoms with Crippen LogP contribution in [0.2, 0.25) is 0 Å². The van der Waals surface area contributed by atoms with Crippen LogP contribution >= 0.6 is 0 Å². The van der Waals surface area contributed by atoms with Crippen molar-refractivity contribution in [1.29, 1.82) is 0 Å². The number of phenols is 1. The zero-order valence-electron chi connectivity index (χ0n) is 8.42. The minimum atomic E-state index is -1.11. The number of carboxylic acids is 1. The lowest BCUT2D eigenvalue weighted by molar-refractivity contribution is 0.0696. The van der Waals surface area contributed by atoms with Crippen molar-refractivity contribution in [2.24, 2.45) is 11.7 Å². The summed E-state index contributed by atoms with van der Waals surface area (Å²) in [5.74, 6) is 6.69. The first-order valence-electron chi connectivity index (χ1n) is 4.47. The van der Waals surface area contributed by atoms with Crippen LogP contribution in [-0.4, -0.2) is 16.2 Å². The summed E-state index contributed by atoms with van der Waals surface area (Å²) in [5.41, 5.74) is -0.0388. The van der Waals surface area contributed by atoms with Gasteiger partial charge in [-0.15, -0.1) is 0 Å². The maximum Gasteiger partial charge on any atom is 0.340 e. The predicted octanol–water partition coefficient (Wildman–Crippen LogP) is 1.06. The van der Waals surface area contributed by atoms with Crippen LogP contribution in [0.4, 0.5) is 0 Å². The fraction of sp³-hybridized carbons (Fsp3) is 0. The normalized spacial score (nSPS) is 9.38. The number of carbonyl (C=O) groups is 1. The van der Waals surface area contributed by atoms with Gasteiger partial charge in [-0.2, -0.15) is 0 Å². The van der Waals surface area contributed by atoms with Crippen LogP contribution in [0.25, 0.3) is 10.8 Å². The lowest BCUT2D eigenvalue weighted by Crippen LogP contribution is -2.02. The van der Waals surface area contributed by atoms with E-state index in [2.05, 4.69) is 11.7 Å². The van der Waals surface area contributed by atoms with Crippen LogP contribution in [0.15, 0.2) is 36.4 Å². The highest BCUT2D eigenvalue weighted by atomic mass is 16.4. The number of aromatic hydroxyl groups is 1. The summed E-state index contributed by atoms with van der Waals surface area (Å²) in [6.45, 7) is 0. The minimum Gasteiger partial charge on any atom is -0.507 e. The molecule has 0 amide bonds. The van der Waals surface area contributed by atoms with Gasteiger partial charge in [0.25, 0.3) is 0 Å². The summed E-state index contributed by atoms with van der Waals surface area (Å²) in [6, 6.07) is 10.1. The number of aromatic carboxylic acids is 1. The molecule has 0 heterocycles. The number of fused-ring (bicyclic) bond motifs is 1. The first-order valence-corrected chi connectivity index (χ1v) is 4.47. The van der Waals surface area contributed by atoms with Gasteiger partial charge < -0.3 is 10.2 Å². The molecule has 0 aliphatic rings. The molecule has 84 valence electrons. The molecule has 0 fully saturated rings. The molecule has 0 spiro atoms. The van der Waals surface area contributed by atoms with Gasteiger partial charge in [-0.05, 0) is 16.8 Å². The van der Waals surface area contributed by atoms with Gasteiger partial charge in [0, 0.05) is 0 Å². The first-order chi connectivity index (χ1) is 7.70. The van der Waals surface area contributed by atoms with Gasteiger partial charge in [-0.1, -0.05) is 30.3 Å². The van der Waals surface area contributed by atoms with E-state index >= 15 is 0 Å². The van der Waals surface area contributed by atoms with Gasteiger partial charge in [0.1, 0.15) is 11.3 Å². The van der Waals surface area contributed by atoms with E-state index in [9.17, 15) is 9.90 Å². The molecule has 0 atom stereocenters. The van der Waals surface area contributed by atoms with E-state index in [0.717, 1.165) is 5.39 Å². The van der Waals surface area contributed by atoms with Crippen molar-refractivity contribution < 1.29 is 15.0 Å². The molecule has 2 rings (SSSR count). The highest BCUT2D eigenvalue weighted by molar-refractivity contribution is 6.06. The van der Waals surface area contributed by atoms with Crippen molar-refractivity contribution in [3.63, 3.8) is 0 Å². The molecule has 5 nitrogen and oxygen atoms in total. The SMILES string of the molecule is NN.O=C(O)c1c(O)ccc2ccccc12. The van der Waals surface area contributed by atoms with Crippen molar-refractivity contribution in [3.05, 3.63) is 42.0 Å². The third-order valence-corrected chi connectivity index (χ3v) is 2.12. The lowest BCUT2D eigenvalue weighted by Gasteiger charge is -2.03. The molecular formula is C11H12N2O3. The van der Waals surface area contributed by atoms with Gasteiger partial charge in [-0.3, -0.25) is 11.7 Å². The molecule has 2 aromatic carbocycles.